The maximum atomic E-state index is 12.5. The molecule has 4 nitrogen and oxygen atoms in total. The molecule has 0 spiro atoms. The van der Waals surface area contributed by atoms with Gasteiger partial charge in [-0.15, -0.1) is 0 Å². The molecule has 0 bridgehead atoms. The summed E-state index contributed by atoms with van der Waals surface area (Å²) >= 11 is 0. The quantitative estimate of drug-likeness (QED) is 0.927. The highest BCUT2D eigenvalue weighted by molar-refractivity contribution is 5.94. The van der Waals surface area contributed by atoms with Crippen molar-refractivity contribution in [2.75, 3.05) is 19.7 Å². The number of carbonyl (C=O) groups is 1. The number of aliphatic hydroxyl groups is 1. The number of hydrogen-bond donors (Lipinski definition) is 1. The van der Waals surface area contributed by atoms with Crippen LogP contribution in [0, 0.1) is 11.8 Å². The largest absolute Gasteiger partial charge is 0.493 e. The molecule has 0 radical (unpaired) electrons. The first-order valence-corrected chi connectivity index (χ1v) is 7.67. The van der Waals surface area contributed by atoms with Gasteiger partial charge in [0, 0.05) is 18.7 Å². The number of rotatable bonds is 4. The molecular formula is C17H25NO3. The molecule has 0 aliphatic carbocycles. The van der Waals surface area contributed by atoms with Crippen molar-refractivity contribution in [2.24, 2.45) is 11.8 Å². The van der Waals surface area contributed by atoms with E-state index < -0.39 is 6.10 Å². The molecule has 0 aromatic heterocycles. The number of likely N-dealkylation sites (tertiary alicyclic amines) is 1. The average molecular weight is 291 g/mol. The van der Waals surface area contributed by atoms with E-state index in [4.69, 9.17) is 4.74 Å². The third kappa shape index (κ3) is 4.21. The van der Waals surface area contributed by atoms with E-state index in [2.05, 4.69) is 13.8 Å². The van der Waals surface area contributed by atoms with Gasteiger partial charge in [-0.25, -0.2) is 0 Å². The van der Waals surface area contributed by atoms with Crippen molar-refractivity contribution in [2.45, 2.75) is 33.3 Å². The van der Waals surface area contributed by atoms with Crippen LogP contribution >= 0.6 is 0 Å². The molecule has 2 unspecified atom stereocenters. The zero-order valence-corrected chi connectivity index (χ0v) is 13.1. The van der Waals surface area contributed by atoms with E-state index in [-0.39, 0.29) is 11.8 Å². The first-order valence-electron chi connectivity index (χ1n) is 7.67. The van der Waals surface area contributed by atoms with Gasteiger partial charge in [0.05, 0.1) is 12.7 Å². The first kappa shape index (κ1) is 15.8. The molecule has 1 aliphatic rings. The second-order valence-corrected chi connectivity index (χ2v) is 6.32. The van der Waals surface area contributed by atoms with Gasteiger partial charge in [0.2, 0.25) is 0 Å². The van der Waals surface area contributed by atoms with E-state index in [1.807, 2.05) is 19.1 Å². The van der Waals surface area contributed by atoms with Crippen molar-refractivity contribution < 1.29 is 14.6 Å². The molecule has 1 aromatic rings. The fourth-order valence-electron chi connectivity index (χ4n) is 2.40. The lowest BCUT2D eigenvalue weighted by Gasteiger charge is -2.34. The fourth-order valence-corrected chi connectivity index (χ4v) is 2.40. The van der Waals surface area contributed by atoms with Gasteiger partial charge in [-0.2, -0.15) is 0 Å². The van der Waals surface area contributed by atoms with Gasteiger partial charge in [-0.3, -0.25) is 4.79 Å². The summed E-state index contributed by atoms with van der Waals surface area (Å²) in [5, 5.41) is 9.93. The van der Waals surface area contributed by atoms with E-state index in [9.17, 15) is 9.90 Å². The first-order chi connectivity index (χ1) is 9.97. The van der Waals surface area contributed by atoms with Gasteiger partial charge < -0.3 is 14.7 Å². The third-order valence-corrected chi connectivity index (χ3v) is 3.87. The Morgan fingerprint density at radius 3 is 2.90 bits per heavy atom. The van der Waals surface area contributed by atoms with Crippen LogP contribution in [0.25, 0.3) is 0 Å². The van der Waals surface area contributed by atoms with Crippen LogP contribution in [0.5, 0.6) is 5.75 Å². The Balaban J connectivity index is 2.03. The number of β-amino-alcohol motifs (C(OH)–C–C–N with tert-alkyl or cyclic N) is 1. The Morgan fingerprint density at radius 1 is 1.48 bits per heavy atom. The van der Waals surface area contributed by atoms with Crippen LogP contribution in [-0.2, 0) is 0 Å². The Morgan fingerprint density at radius 2 is 2.24 bits per heavy atom. The molecule has 4 heteroatoms. The van der Waals surface area contributed by atoms with Crippen molar-refractivity contribution in [3.8, 4) is 5.75 Å². The minimum Gasteiger partial charge on any atom is -0.493 e. The Kier molecular flexibility index (Phi) is 5.23. The van der Waals surface area contributed by atoms with Crippen LogP contribution in [0.1, 0.15) is 37.6 Å². The Bertz CT molecular complexity index is 487. The molecule has 116 valence electrons. The maximum Gasteiger partial charge on any atom is 0.254 e. The van der Waals surface area contributed by atoms with Crippen LogP contribution < -0.4 is 4.74 Å². The van der Waals surface area contributed by atoms with E-state index >= 15 is 0 Å². The maximum absolute atomic E-state index is 12.5. The SMILES string of the molecule is CC(C)COc1cccc(C(=O)N2CCC(C)C(O)C2)c1. The van der Waals surface area contributed by atoms with Crippen molar-refractivity contribution in [1.29, 1.82) is 0 Å². The van der Waals surface area contributed by atoms with E-state index in [1.165, 1.54) is 0 Å². The number of aliphatic hydroxyl groups excluding tert-OH is 1. The smallest absolute Gasteiger partial charge is 0.254 e. The predicted octanol–water partition coefficient (Wildman–Crippen LogP) is 2.56. The van der Waals surface area contributed by atoms with Crippen molar-refractivity contribution in [1.82, 2.24) is 4.90 Å². The molecule has 21 heavy (non-hydrogen) atoms. The van der Waals surface area contributed by atoms with Crippen molar-refractivity contribution >= 4 is 5.91 Å². The molecule has 2 atom stereocenters. The lowest BCUT2D eigenvalue weighted by Crippen LogP contribution is -2.45. The molecule has 1 saturated heterocycles. The fraction of sp³-hybridized carbons (Fsp3) is 0.588. The minimum absolute atomic E-state index is 0.0315. The lowest BCUT2D eigenvalue weighted by molar-refractivity contribution is 0.0248. The molecule has 1 aliphatic heterocycles. The number of amides is 1. The Hall–Kier alpha value is -1.55. The third-order valence-electron chi connectivity index (χ3n) is 3.87. The molecule has 1 amide bonds. The summed E-state index contributed by atoms with van der Waals surface area (Å²) in [7, 11) is 0. The summed E-state index contributed by atoms with van der Waals surface area (Å²) in [6, 6.07) is 7.29. The number of nitrogens with zero attached hydrogens (tertiary/aromatic N) is 1. The highest BCUT2D eigenvalue weighted by atomic mass is 16.5. The Labute approximate surface area is 126 Å². The summed E-state index contributed by atoms with van der Waals surface area (Å²) in [6.07, 6.45) is 0.416. The highest BCUT2D eigenvalue weighted by Crippen LogP contribution is 2.21. The van der Waals surface area contributed by atoms with Crippen molar-refractivity contribution in [3.63, 3.8) is 0 Å². The standard InChI is InChI=1S/C17H25NO3/c1-12(2)11-21-15-6-4-5-14(9-15)17(20)18-8-7-13(3)16(19)10-18/h4-6,9,12-13,16,19H,7-8,10-11H2,1-3H3. The van der Waals surface area contributed by atoms with Gasteiger partial charge in [0.1, 0.15) is 5.75 Å². The molecule has 2 rings (SSSR count). The van der Waals surface area contributed by atoms with Crippen LogP contribution in [0.4, 0.5) is 0 Å². The number of carbonyl (C=O) groups excluding carboxylic acids is 1. The molecule has 1 aromatic carbocycles. The van der Waals surface area contributed by atoms with Gasteiger partial charge in [-0.1, -0.05) is 26.8 Å². The summed E-state index contributed by atoms with van der Waals surface area (Å²) in [5.74, 6) is 1.40. The normalized spacial score (nSPS) is 22.4. The van der Waals surface area contributed by atoms with Crippen LogP contribution in [0.3, 0.4) is 0 Å². The molecule has 1 heterocycles. The lowest BCUT2D eigenvalue weighted by atomic mass is 9.95. The summed E-state index contributed by atoms with van der Waals surface area (Å²) in [4.78, 5) is 14.2. The number of ether oxygens (including phenoxy) is 1. The molecular weight excluding hydrogens is 266 g/mol. The average Bonchev–Trinajstić information content (AvgIpc) is 2.47. The topological polar surface area (TPSA) is 49.8 Å². The second kappa shape index (κ2) is 6.94. The van der Waals surface area contributed by atoms with Gasteiger partial charge >= 0.3 is 0 Å². The summed E-state index contributed by atoms with van der Waals surface area (Å²) in [5.41, 5.74) is 0.623. The monoisotopic (exact) mass is 291 g/mol. The molecule has 0 saturated carbocycles. The zero-order valence-electron chi connectivity index (χ0n) is 13.1. The highest BCUT2D eigenvalue weighted by Gasteiger charge is 2.27. The van der Waals surface area contributed by atoms with Crippen molar-refractivity contribution in [3.05, 3.63) is 29.8 Å². The zero-order chi connectivity index (χ0) is 15.4. The van der Waals surface area contributed by atoms with Crippen LogP contribution in [0.15, 0.2) is 24.3 Å². The van der Waals surface area contributed by atoms with Gasteiger partial charge in [0.25, 0.3) is 5.91 Å². The number of hydrogen-bond acceptors (Lipinski definition) is 3. The molecule has 1 N–H and O–H groups in total. The van der Waals surface area contributed by atoms with Gasteiger partial charge in [-0.05, 0) is 36.5 Å². The minimum atomic E-state index is -0.428. The summed E-state index contributed by atoms with van der Waals surface area (Å²) < 4.78 is 5.66. The van der Waals surface area contributed by atoms with Gasteiger partial charge in [0.15, 0.2) is 0 Å². The summed E-state index contributed by atoms with van der Waals surface area (Å²) in [6.45, 7) is 7.95. The van der Waals surface area contributed by atoms with Crippen LogP contribution in [0.2, 0.25) is 0 Å². The number of benzene rings is 1. The molecule has 1 fully saturated rings. The van der Waals surface area contributed by atoms with E-state index in [0.717, 1.165) is 12.2 Å². The number of piperidine rings is 1. The van der Waals surface area contributed by atoms with E-state index in [1.54, 1.807) is 17.0 Å². The predicted molar refractivity (Wildman–Crippen MR) is 82.5 cm³/mol. The van der Waals surface area contributed by atoms with E-state index in [0.29, 0.717) is 31.2 Å². The van der Waals surface area contributed by atoms with Crippen LogP contribution in [-0.4, -0.2) is 41.7 Å². The second-order valence-electron chi connectivity index (χ2n) is 6.32.